The van der Waals surface area contributed by atoms with Gasteiger partial charge in [0.1, 0.15) is 17.1 Å². The highest BCUT2D eigenvalue weighted by molar-refractivity contribution is 6.00. The number of hydrogen-bond donors (Lipinski definition) is 1. The molecule has 0 saturated heterocycles. The summed E-state index contributed by atoms with van der Waals surface area (Å²) in [5.74, 6) is -0.861. The summed E-state index contributed by atoms with van der Waals surface area (Å²) in [5, 5.41) is 9.95. The highest BCUT2D eigenvalue weighted by atomic mass is 16.5. The third kappa shape index (κ3) is 3.49. The zero-order chi connectivity index (χ0) is 18.7. The Morgan fingerprint density at radius 3 is 2.69 bits per heavy atom. The molecule has 2 aromatic rings. The number of fused-ring (bicyclic) bond motifs is 1. The molecule has 3 rings (SSSR count). The monoisotopic (exact) mass is 355 g/mol. The van der Waals surface area contributed by atoms with Crippen molar-refractivity contribution >= 4 is 17.6 Å². The normalized spacial score (nSPS) is 14.3. The standard InChI is InChI=1S/C20H21NO5/c1-13(26-20(24)16-10-9-15(25-2)12-18(16)22)19(23)21-11-5-7-14-6-3-4-8-17(14)21/h3-4,6,8-10,12-13,22H,5,7,11H2,1-2H3. The Balaban J connectivity index is 1.73. The number of ether oxygens (including phenoxy) is 2. The van der Waals surface area contributed by atoms with Crippen molar-refractivity contribution in [3.05, 3.63) is 53.6 Å². The number of para-hydroxylation sites is 1. The molecule has 0 spiro atoms. The molecule has 26 heavy (non-hydrogen) atoms. The van der Waals surface area contributed by atoms with Crippen LogP contribution in [0, 0.1) is 0 Å². The summed E-state index contributed by atoms with van der Waals surface area (Å²) in [4.78, 5) is 26.8. The van der Waals surface area contributed by atoms with Crippen molar-refractivity contribution in [3.63, 3.8) is 0 Å². The molecular formula is C20H21NO5. The number of amides is 1. The molecule has 136 valence electrons. The second kappa shape index (κ2) is 7.47. The van der Waals surface area contributed by atoms with Crippen LogP contribution >= 0.6 is 0 Å². The van der Waals surface area contributed by atoms with Crippen LogP contribution in [0.3, 0.4) is 0 Å². The van der Waals surface area contributed by atoms with Gasteiger partial charge in [-0.1, -0.05) is 18.2 Å². The first-order valence-electron chi connectivity index (χ1n) is 8.48. The molecule has 2 aromatic carbocycles. The van der Waals surface area contributed by atoms with E-state index < -0.39 is 12.1 Å². The average molecular weight is 355 g/mol. The summed E-state index contributed by atoms with van der Waals surface area (Å²) >= 11 is 0. The molecule has 1 heterocycles. The Labute approximate surface area is 152 Å². The lowest BCUT2D eigenvalue weighted by molar-refractivity contribution is -0.126. The number of benzene rings is 2. The van der Waals surface area contributed by atoms with E-state index in [2.05, 4.69) is 0 Å². The average Bonchev–Trinajstić information content (AvgIpc) is 2.66. The van der Waals surface area contributed by atoms with Gasteiger partial charge in [0, 0.05) is 18.3 Å². The first-order valence-corrected chi connectivity index (χ1v) is 8.48. The van der Waals surface area contributed by atoms with Crippen molar-refractivity contribution in [1.29, 1.82) is 0 Å². The van der Waals surface area contributed by atoms with E-state index in [1.807, 2.05) is 24.3 Å². The van der Waals surface area contributed by atoms with Gasteiger partial charge in [-0.25, -0.2) is 4.79 Å². The van der Waals surface area contributed by atoms with E-state index in [-0.39, 0.29) is 17.2 Å². The van der Waals surface area contributed by atoms with Crippen LogP contribution in [0.15, 0.2) is 42.5 Å². The summed E-state index contributed by atoms with van der Waals surface area (Å²) in [6, 6.07) is 12.0. The Bertz CT molecular complexity index is 833. The van der Waals surface area contributed by atoms with Gasteiger partial charge in [-0.3, -0.25) is 4.79 Å². The minimum Gasteiger partial charge on any atom is -0.507 e. The van der Waals surface area contributed by atoms with Gasteiger partial charge in [0.25, 0.3) is 5.91 Å². The van der Waals surface area contributed by atoms with Gasteiger partial charge in [-0.2, -0.15) is 0 Å². The third-order valence-electron chi connectivity index (χ3n) is 4.43. The molecule has 0 radical (unpaired) electrons. The van der Waals surface area contributed by atoms with Crippen molar-refractivity contribution in [2.75, 3.05) is 18.6 Å². The smallest absolute Gasteiger partial charge is 0.342 e. The molecule has 0 aromatic heterocycles. The quantitative estimate of drug-likeness (QED) is 0.854. The van der Waals surface area contributed by atoms with E-state index in [1.54, 1.807) is 11.0 Å². The molecule has 6 nitrogen and oxygen atoms in total. The lowest BCUT2D eigenvalue weighted by Crippen LogP contribution is -2.42. The fraction of sp³-hybridized carbons (Fsp3) is 0.300. The Morgan fingerprint density at radius 2 is 1.96 bits per heavy atom. The number of anilines is 1. The van der Waals surface area contributed by atoms with Gasteiger partial charge < -0.3 is 19.5 Å². The molecular weight excluding hydrogens is 334 g/mol. The number of esters is 1. The van der Waals surface area contributed by atoms with Crippen LogP contribution in [0.5, 0.6) is 11.5 Å². The molecule has 1 amide bonds. The van der Waals surface area contributed by atoms with Gasteiger partial charge in [0.2, 0.25) is 0 Å². The molecule has 1 aliphatic rings. The molecule has 1 unspecified atom stereocenters. The number of phenols is 1. The summed E-state index contributed by atoms with van der Waals surface area (Å²) in [6.45, 7) is 2.13. The van der Waals surface area contributed by atoms with Crippen molar-refractivity contribution in [3.8, 4) is 11.5 Å². The van der Waals surface area contributed by atoms with Crippen LogP contribution in [0.2, 0.25) is 0 Å². The molecule has 0 aliphatic carbocycles. The third-order valence-corrected chi connectivity index (χ3v) is 4.43. The van der Waals surface area contributed by atoms with E-state index in [0.29, 0.717) is 12.3 Å². The largest absolute Gasteiger partial charge is 0.507 e. The number of carbonyl (C=O) groups excluding carboxylic acids is 2. The molecule has 1 aliphatic heterocycles. The number of aryl methyl sites for hydroxylation is 1. The van der Waals surface area contributed by atoms with Crippen molar-refractivity contribution in [1.82, 2.24) is 0 Å². The van der Waals surface area contributed by atoms with E-state index in [0.717, 1.165) is 24.1 Å². The predicted octanol–water partition coefficient (Wildman–Crippen LogP) is 2.93. The molecule has 0 bridgehead atoms. The lowest BCUT2D eigenvalue weighted by atomic mass is 10.0. The summed E-state index contributed by atoms with van der Waals surface area (Å²) in [5.41, 5.74) is 1.96. The number of aromatic hydroxyl groups is 1. The van der Waals surface area contributed by atoms with Crippen molar-refractivity contribution in [2.45, 2.75) is 25.9 Å². The number of hydrogen-bond acceptors (Lipinski definition) is 5. The minimum atomic E-state index is -0.963. The molecule has 1 atom stereocenters. The SMILES string of the molecule is COc1ccc(C(=O)OC(C)C(=O)N2CCCc3ccccc32)c(O)c1. The number of phenolic OH excluding ortho intramolecular Hbond substituents is 1. The minimum absolute atomic E-state index is 0.00973. The van der Waals surface area contributed by atoms with Crippen molar-refractivity contribution in [2.24, 2.45) is 0 Å². The number of rotatable bonds is 4. The van der Waals surface area contributed by atoms with Crippen LogP contribution in [0.25, 0.3) is 0 Å². The number of nitrogens with zero attached hydrogens (tertiary/aromatic N) is 1. The van der Waals surface area contributed by atoms with E-state index in [4.69, 9.17) is 9.47 Å². The van der Waals surface area contributed by atoms with Crippen LogP contribution < -0.4 is 9.64 Å². The zero-order valence-electron chi connectivity index (χ0n) is 14.8. The molecule has 0 saturated carbocycles. The van der Waals surface area contributed by atoms with E-state index >= 15 is 0 Å². The number of methoxy groups -OCH3 is 1. The Hall–Kier alpha value is -3.02. The Kier molecular flexibility index (Phi) is 5.11. The molecule has 0 fully saturated rings. The maximum absolute atomic E-state index is 12.8. The molecule has 6 heteroatoms. The van der Waals surface area contributed by atoms with Gasteiger partial charge in [-0.15, -0.1) is 0 Å². The first-order chi connectivity index (χ1) is 12.5. The maximum atomic E-state index is 12.8. The van der Waals surface area contributed by atoms with Crippen molar-refractivity contribution < 1.29 is 24.2 Å². The van der Waals surface area contributed by atoms with Crippen LogP contribution in [-0.2, 0) is 16.0 Å². The predicted molar refractivity (Wildman–Crippen MR) is 96.7 cm³/mol. The summed E-state index contributed by atoms with van der Waals surface area (Å²) < 4.78 is 10.3. The first kappa shape index (κ1) is 17.8. The van der Waals surface area contributed by atoms with Crippen LogP contribution in [0.1, 0.15) is 29.3 Å². The highest BCUT2D eigenvalue weighted by Crippen LogP contribution is 2.28. The lowest BCUT2D eigenvalue weighted by Gasteiger charge is -2.31. The maximum Gasteiger partial charge on any atom is 0.342 e. The summed E-state index contributed by atoms with van der Waals surface area (Å²) in [6.07, 6.45) is 0.825. The highest BCUT2D eigenvalue weighted by Gasteiger charge is 2.29. The second-order valence-electron chi connectivity index (χ2n) is 6.15. The number of carbonyl (C=O) groups is 2. The van der Waals surface area contributed by atoms with Crippen LogP contribution in [0.4, 0.5) is 5.69 Å². The van der Waals surface area contributed by atoms with Crippen LogP contribution in [-0.4, -0.2) is 36.7 Å². The summed E-state index contributed by atoms with van der Waals surface area (Å²) in [7, 11) is 1.46. The zero-order valence-corrected chi connectivity index (χ0v) is 14.8. The van der Waals surface area contributed by atoms with E-state index in [9.17, 15) is 14.7 Å². The van der Waals surface area contributed by atoms with Gasteiger partial charge in [0.05, 0.1) is 7.11 Å². The van der Waals surface area contributed by atoms with E-state index in [1.165, 1.54) is 26.2 Å². The topological polar surface area (TPSA) is 76.1 Å². The fourth-order valence-corrected chi connectivity index (χ4v) is 3.07. The fourth-order valence-electron chi connectivity index (χ4n) is 3.07. The van der Waals surface area contributed by atoms with Gasteiger partial charge >= 0.3 is 5.97 Å². The second-order valence-corrected chi connectivity index (χ2v) is 6.15. The van der Waals surface area contributed by atoms with Gasteiger partial charge in [0.15, 0.2) is 6.10 Å². The van der Waals surface area contributed by atoms with Gasteiger partial charge in [-0.05, 0) is 43.5 Å². The Morgan fingerprint density at radius 1 is 1.19 bits per heavy atom. The molecule has 1 N–H and O–H groups in total.